The molecule has 2 nitrogen and oxygen atoms in total. The molecule has 0 unspecified atom stereocenters. The highest BCUT2D eigenvalue weighted by Crippen LogP contribution is 2.49. The molecular formula is C42H24O2. The molecule has 2 aromatic heterocycles. The number of furan rings is 2. The van der Waals surface area contributed by atoms with Gasteiger partial charge in [0, 0.05) is 21.5 Å². The lowest BCUT2D eigenvalue weighted by atomic mass is 9.84. The van der Waals surface area contributed by atoms with Crippen molar-refractivity contribution in [1.29, 1.82) is 0 Å². The van der Waals surface area contributed by atoms with Crippen molar-refractivity contribution in [3.05, 3.63) is 146 Å². The average molecular weight is 561 g/mol. The first kappa shape index (κ1) is 23.7. The van der Waals surface area contributed by atoms with E-state index in [4.69, 9.17) is 8.83 Å². The van der Waals surface area contributed by atoms with Crippen LogP contribution in [0.2, 0.25) is 0 Å². The van der Waals surface area contributed by atoms with Crippen LogP contribution in [0.15, 0.2) is 154 Å². The molecule has 0 spiro atoms. The SMILES string of the molecule is c1ccc2c(-c3c4ccccc4c(-c4cccc5oc6ccc7oc8ccccc8c7c6c45)c4ccccc34)cccc2c1. The van der Waals surface area contributed by atoms with Crippen LogP contribution < -0.4 is 0 Å². The molecule has 0 saturated heterocycles. The van der Waals surface area contributed by atoms with Crippen LogP contribution in [0.3, 0.4) is 0 Å². The van der Waals surface area contributed by atoms with Gasteiger partial charge in [0.1, 0.15) is 22.3 Å². The lowest BCUT2D eigenvalue weighted by Crippen LogP contribution is -1.92. The number of benzene rings is 8. The van der Waals surface area contributed by atoms with Crippen LogP contribution in [0.25, 0.3) is 98.4 Å². The maximum Gasteiger partial charge on any atom is 0.136 e. The van der Waals surface area contributed by atoms with Crippen molar-refractivity contribution < 1.29 is 8.83 Å². The maximum atomic E-state index is 6.56. The molecule has 0 fully saturated rings. The van der Waals surface area contributed by atoms with Gasteiger partial charge in [-0.3, -0.25) is 0 Å². The zero-order chi connectivity index (χ0) is 28.8. The molecule has 2 heteroatoms. The van der Waals surface area contributed by atoms with Crippen LogP contribution in [-0.2, 0) is 0 Å². The minimum absolute atomic E-state index is 0.868. The zero-order valence-corrected chi connectivity index (χ0v) is 23.7. The van der Waals surface area contributed by atoms with Crippen molar-refractivity contribution in [3.8, 4) is 22.3 Å². The van der Waals surface area contributed by atoms with E-state index in [9.17, 15) is 0 Å². The zero-order valence-electron chi connectivity index (χ0n) is 23.7. The second-order valence-corrected chi connectivity index (χ2v) is 11.6. The molecule has 8 aromatic carbocycles. The highest BCUT2D eigenvalue weighted by molar-refractivity contribution is 6.31. The van der Waals surface area contributed by atoms with E-state index < -0.39 is 0 Å². The van der Waals surface area contributed by atoms with Gasteiger partial charge in [-0.25, -0.2) is 0 Å². The Bertz CT molecular complexity index is 2710. The Labute approximate surface area is 252 Å². The van der Waals surface area contributed by atoms with Gasteiger partial charge in [0.2, 0.25) is 0 Å². The fourth-order valence-corrected chi connectivity index (χ4v) is 7.48. The van der Waals surface area contributed by atoms with Crippen molar-refractivity contribution >= 4 is 76.2 Å². The monoisotopic (exact) mass is 560 g/mol. The van der Waals surface area contributed by atoms with Crippen LogP contribution in [-0.4, -0.2) is 0 Å². The number of hydrogen-bond donors (Lipinski definition) is 0. The van der Waals surface area contributed by atoms with Gasteiger partial charge >= 0.3 is 0 Å². The van der Waals surface area contributed by atoms with Crippen LogP contribution in [0, 0.1) is 0 Å². The topological polar surface area (TPSA) is 26.3 Å². The molecule has 44 heavy (non-hydrogen) atoms. The molecule has 0 amide bonds. The van der Waals surface area contributed by atoms with E-state index in [0.29, 0.717) is 0 Å². The van der Waals surface area contributed by atoms with E-state index in [0.717, 1.165) is 49.4 Å². The summed E-state index contributed by atoms with van der Waals surface area (Å²) >= 11 is 0. The molecule has 0 aliphatic heterocycles. The summed E-state index contributed by atoms with van der Waals surface area (Å²) in [5.41, 5.74) is 8.41. The third-order valence-corrected chi connectivity index (χ3v) is 9.26. The largest absolute Gasteiger partial charge is 0.456 e. The summed E-state index contributed by atoms with van der Waals surface area (Å²) in [5.74, 6) is 0. The van der Waals surface area contributed by atoms with E-state index in [1.54, 1.807) is 0 Å². The summed E-state index contributed by atoms with van der Waals surface area (Å²) in [5, 5.41) is 11.8. The van der Waals surface area contributed by atoms with E-state index >= 15 is 0 Å². The van der Waals surface area contributed by atoms with Gasteiger partial charge in [0.15, 0.2) is 0 Å². The molecule has 2 heterocycles. The lowest BCUT2D eigenvalue weighted by molar-refractivity contribution is 0.663. The van der Waals surface area contributed by atoms with Crippen molar-refractivity contribution in [3.63, 3.8) is 0 Å². The molecule has 0 atom stereocenters. The van der Waals surface area contributed by atoms with Gasteiger partial charge in [0.25, 0.3) is 0 Å². The number of rotatable bonds is 2. The first-order valence-electron chi connectivity index (χ1n) is 15.0. The normalized spacial score (nSPS) is 12.1. The van der Waals surface area contributed by atoms with Crippen LogP contribution in [0.1, 0.15) is 0 Å². The van der Waals surface area contributed by atoms with Crippen LogP contribution >= 0.6 is 0 Å². The van der Waals surface area contributed by atoms with Crippen LogP contribution in [0.5, 0.6) is 0 Å². The molecular weight excluding hydrogens is 536 g/mol. The Hall–Kier alpha value is -5.86. The Balaban J connectivity index is 1.41. The minimum Gasteiger partial charge on any atom is -0.456 e. The predicted molar refractivity (Wildman–Crippen MR) is 184 cm³/mol. The third-order valence-electron chi connectivity index (χ3n) is 9.26. The van der Waals surface area contributed by atoms with Gasteiger partial charge in [0.05, 0.1) is 0 Å². The van der Waals surface area contributed by atoms with E-state index in [1.165, 1.54) is 49.0 Å². The lowest BCUT2D eigenvalue weighted by Gasteiger charge is -2.19. The van der Waals surface area contributed by atoms with Crippen molar-refractivity contribution in [2.75, 3.05) is 0 Å². The summed E-state index contributed by atoms with van der Waals surface area (Å²) < 4.78 is 12.9. The molecule has 0 radical (unpaired) electrons. The average Bonchev–Trinajstić information content (AvgIpc) is 3.65. The first-order valence-corrected chi connectivity index (χ1v) is 15.0. The fourth-order valence-electron chi connectivity index (χ4n) is 7.48. The van der Waals surface area contributed by atoms with Crippen molar-refractivity contribution in [2.45, 2.75) is 0 Å². The quantitative estimate of drug-likeness (QED) is 0.197. The van der Waals surface area contributed by atoms with Gasteiger partial charge in [-0.05, 0) is 78.8 Å². The van der Waals surface area contributed by atoms with Gasteiger partial charge in [-0.1, -0.05) is 121 Å². The standard InChI is InChI=1S/C42H24O2/c1-2-13-26-25(11-1)12-9-19-27(26)38-28-14-3-5-16-30(28)39(31-17-6-4-15-29(31)38)33-20-10-22-35-41(33)42-37(44-35)24-23-36-40(42)32-18-7-8-21-34(32)43-36/h1-24H. The smallest absolute Gasteiger partial charge is 0.136 e. The molecule has 0 bridgehead atoms. The van der Waals surface area contributed by atoms with E-state index in [1.807, 2.05) is 24.3 Å². The summed E-state index contributed by atoms with van der Waals surface area (Å²) in [6.07, 6.45) is 0. The molecule has 204 valence electrons. The Kier molecular flexibility index (Phi) is 4.75. The minimum atomic E-state index is 0.868. The van der Waals surface area contributed by atoms with Crippen molar-refractivity contribution in [1.82, 2.24) is 0 Å². The number of hydrogen-bond acceptors (Lipinski definition) is 2. The van der Waals surface area contributed by atoms with Gasteiger partial charge in [-0.2, -0.15) is 0 Å². The molecule has 0 saturated carbocycles. The highest BCUT2D eigenvalue weighted by atomic mass is 16.3. The number of fused-ring (bicyclic) bond motifs is 10. The second-order valence-electron chi connectivity index (χ2n) is 11.6. The molecule has 0 aliphatic rings. The highest BCUT2D eigenvalue weighted by Gasteiger charge is 2.23. The molecule has 0 aliphatic carbocycles. The molecule has 10 aromatic rings. The van der Waals surface area contributed by atoms with Crippen LogP contribution in [0.4, 0.5) is 0 Å². The predicted octanol–water partition coefficient (Wildman–Crippen LogP) is 12.3. The Morgan fingerprint density at radius 1 is 0.273 bits per heavy atom. The van der Waals surface area contributed by atoms with Gasteiger partial charge in [-0.15, -0.1) is 0 Å². The second kappa shape index (κ2) is 8.82. The fraction of sp³-hybridized carbons (Fsp3) is 0. The number of para-hydroxylation sites is 1. The van der Waals surface area contributed by atoms with Gasteiger partial charge < -0.3 is 8.83 Å². The summed E-state index contributed by atoms with van der Waals surface area (Å²) in [6, 6.07) is 51.9. The molecule has 10 rings (SSSR count). The van der Waals surface area contributed by atoms with E-state index in [2.05, 4.69) is 121 Å². The third kappa shape index (κ3) is 3.14. The summed E-state index contributed by atoms with van der Waals surface area (Å²) in [6.45, 7) is 0. The molecule has 0 N–H and O–H groups in total. The summed E-state index contributed by atoms with van der Waals surface area (Å²) in [4.78, 5) is 0. The first-order chi connectivity index (χ1) is 21.8. The van der Waals surface area contributed by atoms with E-state index in [-0.39, 0.29) is 0 Å². The maximum absolute atomic E-state index is 6.56. The Morgan fingerprint density at radius 3 is 1.45 bits per heavy atom. The Morgan fingerprint density at radius 2 is 0.727 bits per heavy atom. The van der Waals surface area contributed by atoms with Crippen molar-refractivity contribution in [2.24, 2.45) is 0 Å². The summed E-state index contributed by atoms with van der Waals surface area (Å²) in [7, 11) is 0.